The summed E-state index contributed by atoms with van der Waals surface area (Å²) >= 11 is 0. The Labute approximate surface area is 163 Å². The van der Waals surface area contributed by atoms with Gasteiger partial charge in [0.05, 0.1) is 0 Å². The largest absolute Gasteiger partial charge is 0.481 e. The number of carboxylic acids is 1. The highest BCUT2D eigenvalue weighted by Gasteiger charge is 1.95. The van der Waals surface area contributed by atoms with Gasteiger partial charge in [-0.1, -0.05) is 82.6 Å². The maximum absolute atomic E-state index is 10.4. The lowest BCUT2D eigenvalue weighted by molar-refractivity contribution is -0.137. The van der Waals surface area contributed by atoms with E-state index in [1.165, 1.54) is 96.3 Å². The third-order valence-corrected chi connectivity index (χ3v) is 4.81. The van der Waals surface area contributed by atoms with Gasteiger partial charge in [-0.15, -0.1) is 0 Å². The predicted octanol–water partition coefficient (Wildman–Crippen LogP) is 8.23. The number of hydrogen-bond acceptors (Lipinski definition) is 1. The van der Waals surface area contributed by atoms with Gasteiger partial charge in [-0.25, -0.2) is 0 Å². The normalized spacial score (nSPS) is 11.7. The second-order valence-electron chi connectivity index (χ2n) is 7.48. The molecule has 2 nitrogen and oxygen atoms in total. The number of rotatable bonds is 20. The van der Waals surface area contributed by atoms with Gasteiger partial charge in [0.1, 0.15) is 0 Å². The van der Waals surface area contributed by atoms with Gasteiger partial charge < -0.3 is 5.11 Å². The van der Waals surface area contributed by atoms with Gasteiger partial charge in [0.25, 0.3) is 0 Å². The zero-order chi connectivity index (χ0) is 19.1. The molecule has 0 aromatic carbocycles. The second-order valence-corrected chi connectivity index (χ2v) is 7.48. The number of hydrogen-bond donors (Lipinski definition) is 1. The molecule has 0 saturated carbocycles. The minimum absolute atomic E-state index is 0.328. The first kappa shape index (κ1) is 24.9. The average Bonchev–Trinajstić information content (AvgIpc) is 2.62. The van der Waals surface area contributed by atoms with Gasteiger partial charge in [0.2, 0.25) is 0 Å². The fourth-order valence-corrected chi connectivity index (χ4v) is 3.11. The Morgan fingerprint density at radius 1 is 0.577 bits per heavy atom. The molecule has 2 heteroatoms. The molecule has 152 valence electrons. The molecule has 0 aromatic heterocycles. The summed E-state index contributed by atoms with van der Waals surface area (Å²) in [6.07, 6.45) is 31.1. The summed E-state index contributed by atoms with van der Waals surface area (Å²) in [7, 11) is 0. The molecule has 0 spiro atoms. The fraction of sp³-hybridized carbons (Fsp3) is 0.792. The summed E-state index contributed by atoms with van der Waals surface area (Å²) in [5, 5.41) is 8.56. The maximum atomic E-state index is 10.4. The summed E-state index contributed by atoms with van der Waals surface area (Å²) < 4.78 is 0. The van der Waals surface area contributed by atoms with Crippen molar-refractivity contribution < 1.29 is 9.90 Å². The molecule has 0 aliphatic carbocycles. The summed E-state index contributed by atoms with van der Waals surface area (Å²) in [5.41, 5.74) is 0. The fourth-order valence-electron chi connectivity index (χ4n) is 3.11. The lowest BCUT2D eigenvalue weighted by atomic mass is 10.1. The number of carbonyl (C=O) groups is 1. The van der Waals surface area contributed by atoms with Crippen LogP contribution in [0.25, 0.3) is 0 Å². The molecule has 0 aromatic rings. The zero-order valence-electron chi connectivity index (χ0n) is 17.4. The molecule has 0 heterocycles. The number of carboxylic acid groups (broad SMARTS) is 1. The highest BCUT2D eigenvalue weighted by atomic mass is 16.4. The minimum Gasteiger partial charge on any atom is -0.481 e. The SMILES string of the molecule is CCCCCCCC/C=C/CCCC/C=C/CCCCCCCC(=O)O. The summed E-state index contributed by atoms with van der Waals surface area (Å²) in [5.74, 6) is -0.666. The van der Waals surface area contributed by atoms with Gasteiger partial charge in [0, 0.05) is 6.42 Å². The first-order valence-corrected chi connectivity index (χ1v) is 11.3. The van der Waals surface area contributed by atoms with Crippen molar-refractivity contribution in [1.82, 2.24) is 0 Å². The Morgan fingerprint density at radius 2 is 0.923 bits per heavy atom. The third-order valence-electron chi connectivity index (χ3n) is 4.81. The van der Waals surface area contributed by atoms with E-state index in [1.54, 1.807) is 0 Å². The maximum Gasteiger partial charge on any atom is 0.303 e. The lowest BCUT2D eigenvalue weighted by Gasteiger charge is -1.98. The molecular weight excluding hydrogens is 320 g/mol. The van der Waals surface area contributed by atoms with E-state index in [9.17, 15) is 4.79 Å². The van der Waals surface area contributed by atoms with Gasteiger partial charge in [0.15, 0.2) is 0 Å². The van der Waals surface area contributed by atoms with Crippen molar-refractivity contribution in [3.05, 3.63) is 24.3 Å². The Morgan fingerprint density at radius 3 is 1.35 bits per heavy atom. The Balaban J connectivity index is 3.16. The van der Waals surface area contributed by atoms with Crippen LogP contribution in [-0.4, -0.2) is 11.1 Å². The summed E-state index contributed by atoms with van der Waals surface area (Å²) in [6, 6.07) is 0. The first-order chi connectivity index (χ1) is 12.8. The molecule has 0 fully saturated rings. The third kappa shape index (κ3) is 22.9. The molecule has 0 amide bonds. The molecule has 0 atom stereocenters. The molecule has 0 radical (unpaired) electrons. The number of aliphatic carboxylic acids is 1. The van der Waals surface area contributed by atoms with E-state index in [4.69, 9.17) is 5.11 Å². The molecule has 0 unspecified atom stereocenters. The smallest absolute Gasteiger partial charge is 0.303 e. The van der Waals surface area contributed by atoms with E-state index < -0.39 is 5.97 Å². The van der Waals surface area contributed by atoms with Crippen LogP contribution >= 0.6 is 0 Å². The Hall–Kier alpha value is -1.05. The van der Waals surface area contributed by atoms with Crippen molar-refractivity contribution >= 4 is 5.97 Å². The molecule has 0 bridgehead atoms. The Bertz CT molecular complexity index is 344. The van der Waals surface area contributed by atoms with E-state index >= 15 is 0 Å². The quantitative estimate of drug-likeness (QED) is 0.174. The van der Waals surface area contributed by atoms with Crippen LogP contribution in [0.15, 0.2) is 24.3 Å². The van der Waals surface area contributed by atoms with E-state index in [0.29, 0.717) is 6.42 Å². The zero-order valence-corrected chi connectivity index (χ0v) is 17.4. The standard InChI is InChI=1S/C24H44O2/c1-2-3-4-5-6-7-8-9-10-11-12-13-14-15-16-17-18-19-20-21-22-23-24(25)26/h9-10,15-16H,2-8,11-14,17-23H2,1H3,(H,25,26)/b10-9+,16-15+. The Kier molecular flexibility index (Phi) is 21.1. The highest BCUT2D eigenvalue weighted by molar-refractivity contribution is 5.66. The van der Waals surface area contributed by atoms with Crippen molar-refractivity contribution in [2.24, 2.45) is 0 Å². The van der Waals surface area contributed by atoms with Gasteiger partial charge in [-0.05, 0) is 57.8 Å². The van der Waals surface area contributed by atoms with Gasteiger partial charge in [-0.3, -0.25) is 4.79 Å². The van der Waals surface area contributed by atoms with Crippen molar-refractivity contribution in [2.75, 3.05) is 0 Å². The van der Waals surface area contributed by atoms with Crippen LogP contribution in [0.2, 0.25) is 0 Å². The molecular formula is C24H44O2. The monoisotopic (exact) mass is 364 g/mol. The van der Waals surface area contributed by atoms with Crippen LogP contribution in [-0.2, 0) is 4.79 Å². The van der Waals surface area contributed by atoms with Crippen LogP contribution in [0, 0.1) is 0 Å². The summed E-state index contributed by atoms with van der Waals surface area (Å²) in [6.45, 7) is 2.27. The van der Waals surface area contributed by atoms with E-state index in [1.807, 2.05) is 0 Å². The van der Waals surface area contributed by atoms with Gasteiger partial charge in [-0.2, -0.15) is 0 Å². The molecule has 1 N–H and O–H groups in total. The van der Waals surface area contributed by atoms with Crippen LogP contribution in [0.5, 0.6) is 0 Å². The van der Waals surface area contributed by atoms with Gasteiger partial charge >= 0.3 is 5.97 Å². The molecule has 0 aliphatic rings. The number of unbranched alkanes of at least 4 members (excludes halogenated alkanes) is 14. The molecule has 0 rings (SSSR count). The molecule has 0 saturated heterocycles. The second kappa shape index (κ2) is 22.0. The first-order valence-electron chi connectivity index (χ1n) is 11.3. The van der Waals surface area contributed by atoms with Crippen molar-refractivity contribution in [3.63, 3.8) is 0 Å². The highest BCUT2D eigenvalue weighted by Crippen LogP contribution is 2.10. The lowest BCUT2D eigenvalue weighted by Crippen LogP contribution is -1.93. The van der Waals surface area contributed by atoms with Crippen LogP contribution in [0.4, 0.5) is 0 Å². The van der Waals surface area contributed by atoms with E-state index in [-0.39, 0.29) is 0 Å². The van der Waals surface area contributed by atoms with Crippen molar-refractivity contribution in [1.29, 1.82) is 0 Å². The average molecular weight is 365 g/mol. The summed E-state index contributed by atoms with van der Waals surface area (Å²) in [4.78, 5) is 10.4. The molecule has 26 heavy (non-hydrogen) atoms. The predicted molar refractivity (Wildman–Crippen MR) is 115 cm³/mol. The van der Waals surface area contributed by atoms with E-state index in [2.05, 4.69) is 31.2 Å². The van der Waals surface area contributed by atoms with Crippen LogP contribution in [0.1, 0.15) is 122 Å². The van der Waals surface area contributed by atoms with E-state index in [0.717, 1.165) is 12.8 Å². The molecule has 0 aliphatic heterocycles. The number of allylic oxidation sites excluding steroid dienone is 4. The van der Waals surface area contributed by atoms with Crippen molar-refractivity contribution in [2.45, 2.75) is 122 Å². The minimum atomic E-state index is -0.666. The van der Waals surface area contributed by atoms with Crippen molar-refractivity contribution in [3.8, 4) is 0 Å². The van der Waals surface area contributed by atoms with Crippen LogP contribution in [0.3, 0.4) is 0 Å². The van der Waals surface area contributed by atoms with Crippen LogP contribution < -0.4 is 0 Å². The topological polar surface area (TPSA) is 37.3 Å².